The molecule has 1 aliphatic rings. The molecule has 1 unspecified atom stereocenters. The van der Waals surface area contributed by atoms with Crippen LogP contribution in [-0.2, 0) is 0 Å². The molecule has 0 aliphatic carbocycles. The summed E-state index contributed by atoms with van der Waals surface area (Å²) in [5.41, 5.74) is 2.48. The Bertz CT molecular complexity index is 1280. The molecule has 1 saturated heterocycles. The van der Waals surface area contributed by atoms with Gasteiger partial charge in [-0.15, -0.1) is 0 Å². The number of carbonyl (C=O) groups excluding carboxylic acids is 2. The molecular formula is C26H24N4O3. The maximum absolute atomic E-state index is 13.1. The number of furan rings is 1. The molecule has 1 aliphatic heterocycles. The standard InChI is InChI=1S/C26H24N4O3/c1-17-21(25(31)29-20-10-3-2-4-11-20)15-27-24(28-17)19-9-7-13-30(16-19)26(32)23-14-18-8-5-6-12-22(18)33-23/h2-6,8,10-12,14-15,19H,7,9,13,16H2,1H3,(H,29,31). The maximum Gasteiger partial charge on any atom is 0.289 e. The predicted octanol–water partition coefficient (Wildman–Crippen LogP) is 4.80. The third-order valence-electron chi connectivity index (χ3n) is 5.98. The van der Waals surface area contributed by atoms with Crippen LogP contribution in [0.5, 0.6) is 0 Å². The third kappa shape index (κ3) is 4.35. The molecule has 2 aromatic carbocycles. The number of hydrogen-bond donors (Lipinski definition) is 1. The first kappa shape index (κ1) is 20.9. The van der Waals surface area contributed by atoms with Crippen LogP contribution in [0.3, 0.4) is 0 Å². The lowest BCUT2D eigenvalue weighted by atomic mass is 9.96. The van der Waals surface area contributed by atoms with Crippen LogP contribution in [0.4, 0.5) is 5.69 Å². The van der Waals surface area contributed by atoms with Crippen molar-refractivity contribution >= 4 is 28.5 Å². The third-order valence-corrected chi connectivity index (χ3v) is 5.98. The van der Waals surface area contributed by atoms with Crippen LogP contribution < -0.4 is 5.32 Å². The summed E-state index contributed by atoms with van der Waals surface area (Å²) < 4.78 is 5.77. The summed E-state index contributed by atoms with van der Waals surface area (Å²) in [4.78, 5) is 36.6. The number of carbonyl (C=O) groups is 2. The van der Waals surface area contributed by atoms with Gasteiger partial charge in [-0.05, 0) is 44.0 Å². The van der Waals surface area contributed by atoms with E-state index in [0.29, 0.717) is 41.5 Å². The van der Waals surface area contributed by atoms with Gasteiger partial charge in [-0.3, -0.25) is 9.59 Å². The first-order valence-electron chi connectivity index (χ1n) is 11.1. The summed E-state index contributed by atoms with van der Waals surface area (Å²) >= 11 is 0. The summed E-state index contributed by atoms with van der Waals surface area (Å²) in [5.74, 6) is 0.659. The lowest BCUT2D eigenvalue weighted by Gasteiger charge is -2.31. The predicted molar refractivity (Wildman–Crippen MR) is 125 cm³/mol. The van der Waals surface area contributed by atoms with Crippen molar-refractivity contribution in [3.05, 3.63) is 89.7 Å². The van der Waals surface area contributed by atoms with Gasteiger partial charge in [-0.1, -0.05) is 36.4 Å². The summed E-state index contributed by atoms with van der Waals surface area (Å²) in [6, 6.07) is 18.7. The highest BCUT2D eigenvalue weighted by molar-refractivity contribution is 6.04. The van der Waals surface area contributed by atoms with Crippen molar-refractivity contribution in [1.29, 1.82) is 0 Å². The van der Waals surface area contributed by atoms with E-state index in [0.717, 1.165) is 23.9 Å². The average molecular weight is 441 g/mol. The summed E-state index contributed by atoms with van der Waals surface area (Å²) in [5, 5.41) is 3.78. The Balaban J connectivity index is 1.30. The van der Waals surface area contributed by atoms with Crippen LogP contribution in [0.15, 0.2) is 71.3 Å². The van der Waals surface area contributed by atoms with Crippen LogP contribution in [0.1, 0.15) is 51.2 Å². The molecule has 0 spiro atoms. The number of aryl methyl sites for hydroxylation is 1. The van der Waals surface area contributed by atoms with Gasteiger partial charge in [0.25, 0.3) is 11.8 Å². The minimum atomic E-state index is -0.240. The molecule has 3 heterocycles. The molecule has 2 aromatic heterocycles. The van der Waals surface area contributed by atoms with Crippen molar-refractivity contribution in [3.8, 4) is 0 Å². The van der Waals surface area contributed by atoms with Gasteiger partial charge in [0.1, 0.15) is 11.4 Å². The van der Waals surface area contributed by atoms with Crippen molar-refractivity contribution in [3.63, 3.8) is 0 Å². The number of aromatic nitrogens is 2. The highest BCUT2D eigenvalue weighted by Gasteiger charge is 2.29. The number of nitrogens with one attached hydrogen (secondary N) is 1. The number of hydrogen-bond acceptors (Lipinski definition) is 5. The molecule has 7 heteroatoms. The first-order chi connectivity index (χ1) is 16.1. The highest BCUT2D eigenvalue weighted by Crippen LogP contribution is 2.27. The monoisotopic (exact) mass is 440 g/mol. The number of piperidine rings is 1. The zero-order valence-electron chi connectivity index (χ0n) is 18.3. The van der Waals surface area contributed by atoms with Crippen LogP contribution in [-0.4, -0.2) is 39.8 Å². The Morgan fingerprint density at radius 2 is 1.88 bits per heavy atom. The fourth-order valence-corrected chi connectivity index (χ4v) is 4.24. The molecule has 0 saturated carbocycles. The molecule has 4 aromatic rings. The van der Waals surface area contributed by atoms with Crippen LogP contribution in [0.25, 0.3) is 11.0 Å². The number of likely N-dealkylation sites (tertiary alicyclic amines) is 1. The number of benzene rings is 2. The van der Waals surface area contributed by atoms with Crippen LogP contribution in [0, 0.1) is 6.92 Å². The maximum atomic E-state index is 13.1. The quantitative estimate of drug-likeness (QED) is 0.492. The Kier molecular flexibility index (Phi) is 5.60. The van der Waals surface area contributed by atoms with E-state index in [2.05, 4.69) is 15.3 Å². The number of para-hydroxylation sites is 2. The molecule has 1 N–H and O–H groups in total. The zero-order valence-corrected chi connectivity index (χ0v) is 18.3. The van der Waals surface area contributed by atoms with E-state index in [4.69, 9.17) is 4.42 Å². The minimum Gasteiger partial charge on any atom is -0.451 e. The molecule has 0 radical (unpaired) electrons. The van der Waals surface area contributed by atoms with Gasteiger partial charge in [0, 0.05) is 36.3 Å². The lowest BCUT2D eigenvalue weighted by molar-refractivity contribution is 0.0674. The van der Waals surface area contributed by atoms with Gasteiger partial charge in [0.2, 0.25) is 0 Å². The molecule has 0 bridgehead atoms. The molecule has 1 atom stereocenters. The average Bonchev–Trinajstić information content (AvgIpc) is 3.28. The summed E-state index contributed by atoms with van der Waals surface area (Å²) in [7, 11) is 0. The molecule has 166 valence electrons. The second kappa shape index (κ2) is 8.86. The van der Waals surface area contributed by atoms with E-state index in [1.54, 1.807) is 17.2 Å². The number of amides is 2. The molecule has 5 rings (SSSR count). The summed E-state index contributed by atoms with van der Waals surface area (Å²) in [6.07, 6.45) is 3.32. The fourth-order valence-electron chi connectivity index (χ4n) is 4.24. The van der Waals surface area contributed by atoms with Crippen LogP contribution in [0.2, 0.25) is 0 Å². The Morgan fingerprint density at radius 3 is 2.67 bits per heavy atom. The van der Waals surface area contributed by atoms with Crippen molar-refractivity contribution in [2.75, 3.05) is 18.4 Å². The minimum absolute atomic E-state index is 0.0111. The Hall–Kier alpha value is -4.00. The second-order valence-electron chi connectivity index (χ2n) is 8.29. The smallest absolute Gasteiger partial charge is 0.289 e. The number of anilines is 1. The van der Waals surface area contributed by atoms with E-state index < -0.39 is 0 Å². The molecule has 33 heavy (non-hydrogen) atoms. The summed E-state index contributed by atoms with van der Waals surface area (Å²) in [6.45, 7) is 3.00. The van der Waals surface area contributed by atoms with Crippen LogP contribution >= 0.6 is 0 Å². The van der Waals surface area contributed by atoms with Gasteiger partial charge in [0.05, 0.1) is 11.3 Å². The molecule has 2 amide bonds. The normalized spacial score (nSPS) is 16.0. The first-order valence-corrected chi connectivity index (χ1v) is 11.1. The topological polar surface area (TPSA) is 88.3 Å². The second-order valence-corrected chi connectivity index (χ2v) is 8.29. The van der Waals surface area contributed by atoms with E-state index in [-0.39, 0.29) is 17.7 Å². The Labute approximate surface area is 191 Å². The Morgan fingerprint density at radius 1 is 1.09 bits per heavy atom. The lowest BCUT2D eigenvalue weighted by Crippen LogP contribution is -2.39. The van der Waals surface area contributed by atoms with Crippen molar-refractivity contribution in [2.45, 2.75) is 25.7 Å². The highest BCUT2D eigenvalue weighted by atomic mass is 16.3. The SMILES string of the molecule is Cc1nc(C2CCCN(C(=O)c3cc4ccccc4o3)C2)ncc1C(=O)Nc1ccccc1. The van der Waals surface area contributed by atoms with E-state index in [1.807, 2.05) is 61.5 Å². The van der Waals surface area contributed by atoms with Crippen molar-refractivity contribution < 1.29 is 14.0 Å². The largest absolute Gasteiger partial charge is 0.451 e. The molecule has 7 nitrogen and oxygen atoms in total. The number of fused-ring (bicyclic) bond motifs is 1. The van der Waals surface area contributed by atoms with Crippen molar-refractivity contribution in [1.82, 2.24) is 14.9 Å². The van der Waals surface area contributed by atoms with E-state index in [9.17, 15) is 9.59 Å². The number of nitrogens with zero attached hydrogens (tertiary/aromatic N) is 3. The van der Waals surface area contributed by atoms with E-state index >= 15 is 0 Å². The zero-order chi connectivity index (χ0) is 22.8. The van der Waals surface area contributed by atoms with Gasteiger partial charge in [0.15, 0.2) is 5.76 Å². The fraction of sp³-hybridized carbons (Fsp3) is 0.231. The van der Waals surface area contributed by atoms with Gasteiger partial charge < -0.3 is 14.6 Å². The van der Waals surface area contributed by atoms with E-state index in [1.165, 1.54) is 0 Å². The molecular weight excluding hydrogens is 416 g/mol. The number of rotatable bonds is 4. The van der Waals surface area contributed by atoms with Crippen molar-refractivity contribution in [2.24, 2.45) is 0 Å². The van der Waals surface area contributed by atoms with Gasteiger partial charge in [-0.25, -0.2) is 9.97 Å². The molecule has 1 fully saturated rings. The van der Waals surface area contributed by atoms with Gasteiger partial charge in [-0.2, -0.15) is 0 Å². The van der Waals surface area contributed by atoms with Gasteiger partial charge >= 0.3 is 0 Å².